The van der Waals surface area contributed by atoms with Crippen molar-refractivity contribution in [2.24, 2.45) is 16.4 Å². The average molecular weight is 212 g/mol. The Morgan fingerprint density at radius 3 is 2.73 bits per heavy atom. The molecule has 1 heterocycles. The maximum absolute atomic E-state index is 11.6. The van der Waals surface area contributed by atoms with Crippen LogP contribution in [0.4, 0.5) is 0 Å². The lowest BCUT2D eigenvalue weighted by Crippen LogP contribution is -2.39. The zero-order chi connectivity index (χ0) is 11.5. The molecule has 0 aromatic heterocycles. The second-order valence-corrected chi connectivity index (χ2v) is 3.64. The zero-order valence-electron chi connectivity index (χ0n) is 8.96. The molecule has 0 aromatic carbocycles. The summed E-state index contributed by atoms with van der Waals surface area (Å²) in [6, 6.07) is 0. The monoisotopic (exact) mass is 212 g/mol. The van der Waals surface area contributed by atoms with Gasteiger partial charge in [-0.05, 0) is 19.8 Å². The molecule has 0 aliphatic carbocycles. The second-order valence-electron chi connectivity index (χ2n) is 3.64. The first-order valence-electron chi connectivity index (χ1n) is 4.91. The average Bonchev–Trinajstić information content (AvgIpc) is 2.53. The lowest BCUT2D eigenvalue weighted by molar-refractivity contribution is -0.127. The minimum atomic E-state index is -0.632. The van der Waals surface area contributed by atoms with Crippen LogP contribution >= 0.6 is 0 Å². The van der Waals surface area contributed by atoms with Crippen LogP contribution < -0.4 is 16.7 Å². The predicted octanol–water partition coefficient (Wildman–Crippen LogP) is -0.341. The SMILES string of the molecule is CC[C@@]1(CCC(=O)NN)C(=O)NN=C1C. The molecule has 1 aliphatic rings. The Labute approximate surface area is 88.3 Å². The van der Waals surface area contributed by atoms with E-state index >= 15 is 0 Å². The minimum Gasteiger partial charge on any atom is -0.294 e. The van der Waals surface area contributed by atoms with Gasteiger partial charge in [0.2, 0.25) is 5.91 Å². The van der Waals surface area contributed by atoms with Crippen molar-refractivity contribution >= 4 is 17.5 Å². The molecular formula is C9H16N4O2. The van der Waals surface area contributed by atoms with Crippen molar-refractivity contribution in [3.63, 3.8) is 0 Å². The highest BCUT2D eigenvalue weighted by molar-refractivity contribution is 6.11. The summed E-state index contributed by atoms with van der Waals surface area (Å²) in [5.74, 6) is 4.58. The Balaban J connectivity index is 2.73. The molecule has 4 N–H and O–H groups in total. The first-order valence-corrected chi connectivity index (χ1v) is 4.91. The molecule has 1 rings (SSSR count). The fourth-order valence-corrected chi connectivity index (χ4v) is 1.80. The first kappa shape index (κ1) is 11.6. The molecule has 0 aromatic rings. The first-order chi connectivity index (χ1) is 7.06. The van der Waals surface area contributed by atoms with E-state index in [0.29, 0.717) is 12.8 Å². The van der Waals surface area contributed by atoms with Gasteiger partial charge in [0.15, 0.2) is 0 Å². The third-order valence-electron chi connectivity index (χ3n) is 3.00. The Bertz CT molecular complexity index is 313. The summed E-state index contributed by atoms with van der Waals surface area (Å²) in [7, 11) is 0. The summed E-state index contributed by atoms with van der Waals surface area (Å²) in [6.07, 6.45) is 1.30. The molecule has 0 saturated heterocycles. The van der Waals surface area contributed by atoms with E-state index in [9.17, 15) is 9.59 Å². The van der Waals surface area contributed by atoms with E-state index in [1.807, 2.05) is 12.3 Å². The molecule has 0 radical (unpaired) electrons. The topological polar surface area (TPSA) is 96.6 Å². The van der Waals surface area contributed by atoms with Crippen molar-refractivity contribution in [3.05, 3.63) is 0 Å². The summed E-state index contributed by atoms with van der Waals surface area (Å²) < 4.78 is 0. The lowest BCUT2D eigenvalue weighted by atomic mass is 9.77. The summed E-state index contributed by atoms with van der Waals surface area (Å²) in [5, 5.41) is 3.90. The van der Waals surface area contributed by atoms with Crippen molar-refractivity contribution in [3.8, 4) is 0 Å². The van der Waals surface area contributed by atoms with Crippen LogP contribution in [0, 0.1) is 5.41 Å². The normalized spacial score (nSPS) is 24.7. The van der Waals surface area contributed by atoms with Crippen LogP contribution in [0.2, 0.25) is 0 Å². The van der Waals surface area contributed by atoms with Gasteiger partial charge >= 0.3 is 0 Å². The molecule has 1 atom stereocenters. The number of amides is 2. The third kappa shape index (κ3) is 1.99. The number of hydrazone groups is 1. The van der Waals surface area contributed by atoms with Crippen LogP contribution in [-0.4, -0.2) is 17.5 Å². The molecule has 15 heavy (non-hydrogen) atoms. The summed E-state index contributed by atoms with van der Waals surface area (Å²) in [4.78, 5) is 22.7. The number of hydrogen-bond donors (Lipinski definition) is 3. The van der Waals surface area contributed by atoms with Crippen molar-refractivity contribution in [2.75, 3.05) is 0 Å². The highest BCUT2D eigenvalue weighted by atomic mass is 16.2. The van der Waals surface area contributed by atoms with Gasteiger partial charge in [-0.25, -0.2) is 11.3 Å². The van der Waals surface area contributed by atoms with Crippen molar-refractivity contribution < 1.29 is 9.59 Å². The van der Waals surface area contributed by atoms with Gasteiger partial charge in [-0.2, -0.15) is 5.10 Å². The Hall–Kier alpha value is -1.43. The van der Waals surface area contributed by atoms with E-state index in [1.165, 1.54) is 0 Å². The van der Waals surface area contributed by atoms with Crippen LogP contribution in [0.15, 0.2) is 5.10 Å². The minimum absolute atomic E-state index is 0.132. The number of nitrogens with two attached hydrogens (primary N) is 1. The largest absolute Gasteiger partial charge is 0.294 e. The third-order valence-corrected chi connectivity index (χ3v) is 3.00. The van der Waals surface area contributed by atoms with E-state index in [1.54, 1.807) is 6.92 Å². The molecule has 0 fully saturated rings. The van der Waals surface area contributed by atoms with Crippen LogP contribution in [0.3, 0.4) is 0 Å². The molecule has 2 amide bonds. The smallest absolute Gasteiger partial charge is 0.252 e. The van der Waals surface area contributed by atoms with Gasteiger partial charge in [0.05, 0.1) is 11.1 Å². The van der Waals surface area contributed by atoms with Gasteiger partial charge in [-0.3, -0.25) is 15.0 Å². The number of hydrazine groups is 1. The number of hydrogen-bond acceptors (Lipinski definition) is 4. The summed E-state index contributed by atoms with van der Waals surface area (Å²) in [5.41, 5.74) is 4.59. The van der Waals surface area contributed by atoms with E-state index in [0.717, 1.165) is 5.71 Å². The number of carbonyl (C=O) groups excluding carboxylic acids is 2. The molecule has 6 nitrogen and oxygen atoms in total. The van der Waals surface area contributed by atoms with Crippen LogP contribution in [0.1, 0.15) is 33.1 Å². The van der Waals surface area contributed by atoms with Gasteiger partial charge in [-0.15, -0.1) is 0 Å². The number of nitrogens with one attached hydrogen (secondary N) is 2. The number of nitrogens with zero attached hydrogens (tertiary/aromatic N) is 1. The molecule has 6 heteroatoms. The zero-order valence-corrected chi connectivity index (χ0v) is 8.96. The van der Waals surface area contributed by atoms with Crippen molar-refractivity contribution in [2.45, 2.75) is 33.1 Å². The molecular weight excluding hydrogens is 196 g/mol. The maximum Gasteiger partial charge on any atom is 0.252 e. The van der Waals surface area contributed by atoms with E-state index in [2.05, 4.69) is 10.5 Å². The van der Waals surface area contributed by atoms with E-state index < -0.39 is 5.41 Å². The molecule has 84 valence electrons. The van der Waals surface area contributed by atoms with Crippen LogP contribution in [0.25, 0.3) is 0 Å². The molecule has 1 aliphatic heterocycles. The standard InChI is InChI=1S/C9H16N4O2/c1-3-9(5-4-7(14)11-10)6(2)12-13-8(9)15/h3-5,10H2,1-2H3,(H,11,14)(H,13,15)/t9-/m0/s1. The van der Waals surface area contributed by atoms with Gasteiger partial charge in [0, 0.05) is 6.42 Å². The fourth-order valence-electron chi connectivity index (χ4n) is 1.80. The lowest BCUT2D eigenvalue weighted by Gasteiger charge is -2.24. The number of rotatable bonds is 4. The molecule has 0 spiro atoms. The van der Waals surface area contributed by atoms with Gasteiger partial charge in [0.25, 0.3) is 5.91 Å². The highest BCUT2D eigenvalue weighted by Crippen LogP contribution is 2.33. The van der Waals surface area contributed by atoms with Gasteiger partial charge in [-0.1, -0.05) is 6.92 Å². The Kier molecular flexibility index (Phi) is 3.41. The quantitative estimate of drug-likeness (QED) is 0.338. The Morgan fingerprint density at radius 2 is 2.33 bits per heavy atom. The number of carbonyl (C=O) groups is 2. The van der Waals surface area contributed by atoms with E-state index in [-0.39, 0.29) is 18.2 Å². The molecule has 0 saturated carbocycles. The van der Waals surface area contributed by atoms with Crippen molar-refractivity contribution in [1.82, 2.24) is 10.9 Å². The fraction of sp³-hybridized carbons (Fsp3) is 0.667. The van der Waals surface area contributed by atoms with Crippen molar-refractivity contribution in [1.29, 1.82) is 0 Å². The molecule has 0 bridgehead atoms. The summed E-state index contributed by atoms with van der Waals surface area (Å²) >= 11 is 0. The van der Waals surface area contributed by atoms with E-state index in [4.69, 9.17) is 5.84 Å². The second kappa shape index (κ2) is 4.39. The van der Waals surface area contributed by atoms with Crippen LogP contribution in [0.5, 0.6) is 0 Å². The summed E-state index contributed by atoms with van der Waals surface area (Å²) in [6.45, 7) is 3.70. The van der Waals surface area contributed by atoms with Crippen LogP contribution in [-0.2, 0) is 9.59 Å². The Morgan fingerprint density at radius 1 is 1.67 bits per heavy atom. The molecule has 0 unspecified atom stereocenters. The predicted molar refractivity (Wildman–Crippen MR) is 55.5 cm³/mol. The highest BCUT2D eigenvalue weighted by Gasteiger charge is 2.43. The van der Waals surface area contributed by atoms with Gasteiger partial charge < -0.3 is 0 Å². The van der Waals surface area contributed by atoms with Gasteiger partial charge in [0.1, 0.15) is 0 Å². The maximum atomic E-state index is 11.6.